The molecule has 1 unspecified atom stereocenters. The van der Waals surface area contributed by atoms with Gasteiger partial charge in [-0.05, 0) is 18.7 Å². The zero-order valence-corrected chi connectivity index (χ0v) is 10.4. The summed E-state index contributed by atoms with van der Waals surface area (Å²) in [5.41, 5.74) is 1.15. The van der Waals surface area contributed by atoms with Gasteiger partial charge >= 0.3 is 0 Å². The van der Waals surface area contributed by atoms with Crippen molar-refractivity contribution in [2.24, 2.45) is 0 Å². The van der Waals surface area contributed by atoms with E-state index in [1.165, 1.54) is 0 Å². The molecule has 2 rings (SSSR count). The fourth-order valence-electron chi connectivity index (χ4n) is 1.62. The summed E-state index contributed by atoms with van der Waals surface area (Å²) in [5.74, 6) is 0.792. The van der Waals surface area contributed by atoms with Gasteiger partial charge in [-0.3, -0.25) is 0 Å². The first-order valence-electron chi connectivity index (χ1n) is 4.95. The van der Waals surface area contributed by atoms with Crippen molar-refractivity contribution in [3.63, 3.8) is 0 Å². The van der Waals surface area contributed by atoms with Gasteiger partial charge in [-0.2, -0.15) is 5.21 Å². The predicted octanol–water partition coefficient (Wildman–Crippen LogP) is 1.31. The van der Waals surface area contributed by atoms with Crippen molar-refractivity contribution in [1.29, 1.82) is 0 Å². The Labute approximate surface area is 102 Å². The molecule has 0 saturated carbocycles. The van der Waals surface area contributed by atoms with E-state index in [9.17, 15) is 0 Å². The van der Waals surface area contributed by atoms with Crippen molar-refractivity contribution in [1.82, 2.24) is 25.9 Å². The van der Waals surface area contributed by atoms with E-state index in [4.69, 9.17) is 0 Å². The van der Waals surface area contributed by atoms with Gasteiger partial charge in [-0.25, -0.2) is 0 Å². The molecule has 0 radical (unpaired) electrons. The average molecular weight is 282 g/mol. The summed E-state index contributed by atoms with van der Waals surface area (Å²) in [6.45, 7) is 0.766. The Hall–Kier alpha value is -1.27. The minimum atomic E-state index is 0.0966. The van der Waals surface area contributed by atoms with Crippen LogP contribution in [0.3, 0.4) is 0 Å². The SMILES string of the molecule is CNCC(c1nn[nH]n1)c1ccccc1Br. The molecule has 16 heavy (non-hydrogen) atoms. The van der Waals surface area contributed by atoms with Gasteiger partial charge < -0.3 is 5.32 Å². The maximum absolute atomic E-state index is 4.04. The molecule has 0 bridgehead atoms. The summed E-state index contributed by atoms with van der Waals surface area (Å²) in [4.78, 5) is 0. The average Bonchev–Trinajstić information content (AvgIpc) is 2.80. The summed E-state index contributed by atoms with van der Waals surface area (Å²) in [7, 11) is 1.91. The molecule has 6 heteroatoms. The van der Waals surface area contributed by atoms with Crippen LogP contribution in [0.5, 0.6) is 0 Å². The molecule has 5 nitrogen and oxygen atoms in total. The van der Waals surface area contributed by atoms with Gasteiger partial charge in [0.25, 0.3) is 0 Å². The molecule has 2 aromatic rings. The van der Waals surface area contributed by atoms with Gasteiger partial charge in [0, 0.05) is 11.0 Å². The first-order valence-corrected chi connectivity index (χ1v) is 5.74. The van der Waals surface area contributed by atoms with Crippen LogP contribution in [0.25, 0.3) is 0 Å². The van der Waals surface area contributed by atoms with Crippen molar-refractivity contribution in [3.05, 3.63) is 40.1 Å². The molecule has 0 aliphatic heterocycles. The molecular weight excluding hydrogens is 270 g/mol. The van der Waals surface area contributed by atoms with Crippen molar-refractivity contribution in [3.8, 4) is 0 Å². The molecule has 0 fully saturated rings. The highest BCUT2D eigenvalue weighted by Crippen LogP contribution is 2.27. The molecule has 0 aliphatic rings. The highest BCUT2D eigenvalue weighted by atomic mass is 79.9. The van der Waals surface area contributed by atoms with Crippen LogP contribution in [-0.4, -0.2) is 34.2 Å². The normalized spacial score (nSPS) is 12.6. The van der Waals surface area contributed by atoms with Crippen molar-refractivity contribution >= 4 is 15.9 Å². The summed E-state index contributed by atoms with van der Waals surface area (Å²) in [6.07, 6.45) is 0. The van der Waals surface area contributed by atoms with E-state index in [2.05, 4.69) is 47.9 Å². The minimum absolute atomic E-state index is 0.0966. The van der Waals surface area contributed by atoms with E-state index in [0.717, 1.165) is 16.6 Å². The van der Waals surface area contributed by atoms with Gasteiger partial charge in [0.15, 0.2) is 5.82 Å². The first-order chi connectivity index (χ1) is 7.83. The molecule has 84 valence electrons. The molecule has 0 spiro atoms. The number of benzene rings is 1. The van der Waals surface area contributed by atoms with Crippen LogP contribution in [0.4, 0.5) is 0 Å². The lowest BCUT2D eigenvalue weighted by molar-refractivity contribution is 0.670. The Balaban J connectivity index is 2.37. The number of nitrogens with zero attached hydrogens (tertiary/aromatic N) is 3. The lowest BCUT2D eigenvalue weighted by Gasteiger charge is -2.14. The monoisotopic (exact) mass is 281 g/mol. The van der Waals surface area contributed by atoms with Crippen molar-refractivity contribution in [2.75, 3.05) is 13.6 Å². The first kappa shape index (κ1) is 11.2. The van der Waals surface area contributed by atoms with E-state index in [0.29, 0.717) is 5.82 Å². The van der Waals surface area contributed by atoms with Crippen LogP contribution in [-0.2, 0) is 0 Å². The molecule has 0 aliphatic carbocycles. The summed E-state index contributed by atoms with van der Waals surface area (Å²) >= 11 is 3.54. The van der Waals surface area contributed by atoms with Crippen LogP contribution < -0.4 is 5.32 Å². The number of rotatable bonds is 4. The van der Waals surface area contributed by atoms with E-state index < -0.39 is 0 Å². The number of nitrogens with one attached hydrogen (secondary N) is 2. The van der Waals surface area contributed by atoms with Gasteiger partial charge in [0.2, 0.25) is 0 Å². The number of hydrogen-bond donors (Lipinski definition) is 2. The fourth-order valence-corrected chi connectivity index (χ4v) is 2.18. The van der Waals surface area contributed by atoms with E-state index in [1.807, 2.05) is 25.2 Å². The lowest BCUT2D eigenvalue weighted by Crippen LogP contribution is -2.19. The summed E-state index contributed by atoms with van der Waals surface area (Å²) < 4.78 is 1.06. The molecule has 2 N–H and O–H groups in total. The van der Waals surface area contributed by atoms with E-state index >= 15 is 0 Å². The second kappa shape index (κ2) is 5.18. The Morgan fingerprint density at radius 1 is 1.44 bits per heavy atom. The highest BCUT2D eigenvalue weighted by molar-refractivity contribution is 9.10. The second-order valence-corrected chi connectivity index (χ2v) is 4.26. The van der Waals surface area contributed by atoms with Crippen molar-refractivity contribution < 1.29 is 0 Å². The quantitative estimate of drug-likeness (QED) is 0.887. The van der Waals surface area contributed by atoms with E-state index in [1.54, 1.807) is 0 Å². The minimum Gasteiger partial charge on any atom is -0.319 e. The topological polar surface area (TPSA) is 66.5 Å². The maximum atomic E-state index is 4.04. The summed E-state index contributed by atoms with van der Waals surface area (Å²) in [6, 6.07) is 8.06. The molecule has 1 aromatic carbocycles. The molecule has 1 aromatic heterocycles. The third-order valence-corrected chi connectivity index (χ3v) is 3.08. The second-order valence-electron chi connectivity index (χ2n) is 3.40. The third-order valence-electron chi connectivity index (χ3n) is 2.36. The molecule has 1 heterocycles. The number of likely N-dealkylation sites (N-methyl/N-ethyl adjacent to an activating group) is 1. The zero-order valence-electron chi connectivity index (χ0n) is 8.81. The fraction of sp³-hybridized carbons (Fsp3) is 0.300. The van der Waals surface area contributed by atoms with Crippen LogP contribution in [0.2, 0.25) is 0 Å². The Bertz CT molecular complexity index is 442. The number of aromatic nitrogens is 4. The Kier molecular flexibility index (Phi) is 3.63. The highest BCUT2D eigenvalue weighted by Gasteiger charge is 2.19. The van der Waals surface area contributed by atoms with Crippen LogP contribution in [0.15, 0.2) is 28.7 Å². The molecule has 1 atom stereocenters. The van der Waals surface area contributed by atoms with Gasteiger partial charge in [0.05, 0.1) is 5.92 Å². The van der Waals surface area contributed by atoms with Crippen LogP contribution in [0.1, 0.15) is 17.3 Å². The lowest BCUT2D eigenvalue weighted by atomic mass is 9.98. The number of aromatic amines is 1. The standard InChI is InChI=1S/C10H12BrN5/c1-12-6-8(10-13-15-16-14-10)7-4-2-3-5-9(7)11/h2-5,8,12H,6H2,1H3,(H,13,14,15,16). The Morgan fingerprint density at radius 3 is 2.88 bits per heavy atom. The predicted molar refractivity (Wildman–Crippen MR) is 64.1 cm³/mol. The maximum Gasteiger partial charge on any atom is 0.183 e. The van der Waals surface area contributed by atoms with Gasteiger partial charge in [0.1, 0.15) is 0 Å². The third kappa shape index (κ3) is 2.28. The number of hydrogen-bond acceptors (Lipinski definition) is 4. The van der Waals surface area contributed by atoms with Gasteiger partial charge in [-0.15, -0.1) is 10.2 Å². The number of halogens is 1. The largest absolute Gasteiger partial charge is 0.319 e. The molecule has 0 amide bonds. The van der Waals surface area contributed by atoms with E-state index in [-0.39, 0.29) is 5.92 Å². The van der Waals surface area contributed by atoms with Gasteiger partial charge in [-0.1, -0.05) is 39.3 Å². The molecular formula is C10H12BrN5. The number of tetrazole rings is 1. The van der Waals surface area contributed by atoms with Crippen LogP contribution in [0, 0.1) is 0 Å². The summed E-state index contributed by atoms with van der Waals surface area (Å²) in [5, 5.41) is 17.3. The molecule has 0 saturated heterocycles. The van der Waals surface area contributed by atoms with Crippen LogP contribution >= 0.6 is 15.9 Å². The van der Waals surface area contributed by atoms with Crippen molar-refractivity contribution in [2.45, 2.75) is 5.92 Å². The smallest absolute Gasteiger partial charge is 0.183 e. The zero-order chi connectivity index (χ0) is 11.4. The number of H-pyrrole nitrogens is 1. The Morgan fingerprint density at radius 2 is 2.25 bits per heavy atom.